The molecule has 0 spiro atoms. The zero-order chi connectivity index (χ0) is 12.5. The van der Waals surface area contributed by atoms with E-state index in [1.807, 2.05) is 0 Å². The Hall–Kier alpha value is -0.650. The van der Waals surface area contributed by atoms with Crippen LogP contribution in [0.2, 0.25) is 0 Å². The highest BCUT2D eigenvalue weighted by Gasteiger charge is 2.17. The molecule has 0 radical (unpaired) electrons. The largest absolute Gasteiger partial charge is 0.376 e. The number of unbranched alkanes of at least 4 members (excludes halogenated alkanes) is 2. The number of hydrogen-bond acceptors (Lipinski definition) is 4. The fraction of sp³-hybridized carbons (Fsp3) is 0.917. The van der Waals surface area contributed by atoms with Gasteiger partial charge < -0.3 is 4.74 Å². The van der Waals surface area contributed by atoms with Crippen LogP contribution in [0.5, 0.6) is 0 Å². The van der Waals surface area contributed by atoms with Crippen molar-refractivity contribution in [3.63, 3.8) is 0 Å². The number of carbonyl (C=O) groups excluding carboxylic acids is 1. The normalized spacial score (nSPS) is 21.4. The van der Waals surface area contributed by atoms with E-state index in [0.29, 0.717) is 12.5 Å². The van der Waals surface area contributed by atoms with Crippen molar-refractivity contribution in [3.05, 3.63) is 0 Å². The van der Waals surface area contributed by atoms with Crippen molar-refractivity contribution >= 4 is 5.91 Å². The highest BCUT2D eigenvalue weighted by atomic mass is 16.5. The first kappa shape index (κ1) is 14.4. The average molecular weight is 243 g/mol. The lowest BCUT2D eigenvalue weighted by molar-refractivity contribution is -0.121. The van der Waals surface area contributed by atoms with E-state index >= 15 is 0 Å². The van der Waals surface area contributed by atoms with Gasteiger partial charge in [0.25, 0.3) is 0 Å². The van der Waals surface area contributed by atoms with E-state index in [-0.39, 0.29) is 5.91 Å². The predicted octanol–water partition coefficient (Wildman–Crippen LogP) is 0.648. The monoisotopic (exact) mass is 243 g/mol. The summed E-state index contributed by atoms with van der Waals surface area (Å²) >= 11 is 0. The first-order chi connectivity index (χ1) is 8.26. The van der Waals surface area contributed by atoms with Gasteiger partial charge in [0, 0.05) is 19.5 Å². The van der Waals surface area contributed by atoms with Gasteiger partial charge in [0.1, 0.15) is 0 Å². The fourth-order valence-electron chi connectivity index (χ4n) is 2.10. The minimum Gasteiger partial charge on any atom is -0.376 e. The number of nitrogens with one attached hydrogen (secondary N) is 1. The molecule has 1 aliphatic heterocycles. The summed E-state index contributed by atoms with van der Waals surface area (Å²) in [5.74, 6) is 4.95. The summed E-state index contributed by atoms with van der Waals surface area (Å²) in [6.45, 7) is 6.23. The Morgan fingerprint density at radius 2 is 2.29 bits per heavy atom. The maximum absolute atomic E-state index is 10.9. The van der Waals surface area contributed by atoms with Crippen LogP contribution in [-0.4, -0.2) is 43.2 Å². The lowest BCUT2D eigenvalue weighted by Gasteiger charge is -2.32. The van der Waals surface area contributed by atoms with E-state index in [1.54, 1.807) is 0 Å². The van der Waals surface area contributed by atoms with Gasteiger partial charge in [-0.15, -0.1) is 0 Å². The second kappa shape index (κ2) is 8.44. The molecule has 5 heteroatoms. The highest BCUT2D eigenvalue weighted by Crippen LogP contribution is 2.09. The van der Waals surface area contributed by atoms with Crippen molar-refractivity contribution in [2.75, 3.05) is 26.2 Å². The van der Waals surface area contributed by atoms with Crippen LogP contribution in [0.15, 0.2) is 0 Å². The molecule has 1 atom stereocenters. The van der Waals surface area contributed by atoms with Gasteiger partial charge in [0.2, 0.25) is 5.91 Å². The number of hydrogen-bond donors (Lipinski definition) is 2. The van der Waals surface area contributed by atoms with Gasteiger partial charge in [-0.3, -0.25) is 15.1 Å². The maximum Gasteiger partial charge on any atom is 0.233 e. The van der Waals surface area contributed by atoms with E-state index < -0.39 is 0 Å². The Morgan fingerprint density at radius 3 is 3.00 bits per heavy atom. The Balaban J connectivity index is 2.00. The van der Waals surface area contributed by atoms with Crippen LogP contribution >= 0.6 is 0 Å². The Morgan fingerprint density at radius 1 is 1.47 bits per heavy atom. The predicted molar refractivity (Wildman–Crippen MR) is 67.3 cm³/mol. The van der Waals surface area contributed by atoms with Crippen molar-refractivity contribution in [3.8, 4) is 0 Å². The van der Waals surface area contributed by atoms with E-state index in [1.165, 1.54) is 0 Å². The molecule has 100 valence electrons. The number of morpholine rings is 1. The smallest absolute Gasteiger partial charge is 0.233 e. The molecule has 1 unspecified atom stereocenters. The standard InChI is InChI=1S/C12H25N3O2/c1-2-11-10-15(8-9-17-11)7-5-3-4-6-12(16)14-13/h11H,2-10,13H2,1H3,(H,14,16). The van der Waals surface area contributed by atoms with E-state index in [2.05, 4.69) is 17.2 Å². The molecule has 1 rings (SSSR count). The molecule has 1 aliphatic rings. The Bertz CT molecular complexity index is 224. The Labute approximate surface area is 104 Å². The van der Waals surface area contributed by atoms with Crippen molar-refractivity contribution < 1.29 is 9.53 Å². The number of amides is 1. The summed E-state index contributed by atoms with van der Waals surface area (Å²) < 4.78 is 5.62. The van der Waals surface area contributed by atoms with Crippen LogP contribution in [0, 0.1) is 0 Å². The number of hydrazine groups is 1. The quantitative estimate of drug-likeness (QED) is 0.298. The molecular formula is C12H25N3O2. The third-order valence-corrected chi connectivity index (χ3v) is 3.22. The van der Waals surface area contributed by atoms with Crippen molar-refractivity contribution in [1.29, 1.82) is 0 Å². The minimum absolute atomic E-state index is 0.0672. The first-order valence-electron chi connectivity index (χ1n) is 6.59. The molecule has 17 heavy (non-hydrogen) atoms. The van der Waals surface area contributed by atoms with Gasteiger partial charge in [0.05, 0.1) is 12.7 Å². The van der Waals surface area contributed by atoms with Crippen molar-refractivity contribution in [2.24, 2.45) is 5.84 Å². The van der Waals surface area contributed by atoms with Gasteiger partial charge >= 0.3 is 0 Å². The molecule has 3 N–H and O–H groups in total. The summed E-state index contributed by atoms with van der Waals surface area (Å²) in [4.78, 5) is 13.4. The van der Waals surface area contributed by atoms with E-state index in [9.17, 15) is 4.79 Å². The molecule has 5 nitrogen and oxygen atoms in total. The van der Waals surface area contributed by atoms with Crippen LogP contribution in [0.25, 0.3) is 0 Å². The topological polar surface area (TPSA) is 67.6 Å². The molecule has 1 saturated heterocycles. The van der Waals surface area contributed by atoms with Crippen molar-refractivity contribution in [1.82, 2.24) is 10.3 Å². The van der Waals surface area contributed by atoms with Gasteiger partial charge in [-0.05, 0) is 25.8 Å². The minimum atomic E-state index is -0.0672. The van der Waals surface area contributed by atoms with Crippen LogP contribution in [0.4, 0.5) is 0 Å². The summed E-state index contributed by atoms with van der Waals surface area (Å²) in [6.07, 6.45) is 5.19. The third-order valence-electron chi connectivity index (χ3n) is 3.22. The summed E-state index contributed by atoms with van der Waals surface area (Å²) in [7, 11) is 0. The van der Waals surface area contributed by atoms with Crippen molar-refractivity contribution in [2.45, 2.75) is 45.1 Å². The van der Waals surface area contributed by atoms with Crippen LogP contribution in [0.1, 0.15) is 39.0 Å². The van der Waals surface area contributed by atoms with Gasteiger partial charge in [-0.2, -0.15) is 0 Å². The molecule has 0 aromatic carbocycles. The number of nitrogens with two attached hydrogens (primary N) is 1. The van der Waals surface area contributed by atoms with Gasteiger partial charge in [-0.25, -0.2) is 5.84 Å². The number of ether oxygens (including phenoxy) is 1. The second-order valence-electron chi connectivity index (χ2n) is 4.58. The Kier molecular flexibility index (Phi) is 7.16. The maximum atomic E-state index is 10.9. The molecule has 0 aromatic heterocycles. The molecule has 0 saturated carbocycles. The fourth-order valence-corrected chi connectivity index (χ4v) is 2.10. The van der Waals surface area contributed by atoms with E-state index in [4.69, 9.17) is 10.6 Å². The van der Waals surface area contributed by atoms with Crippen LogP contribution in [-0.2, 0) is 9.53 Å². The third kappa shape index (κ3) is 6.00. The molecule has 1 heterocycles. The summed E-state index contributed by atoms with van der Waals surface area (Å²) in [5, 5.41) is 0. The van der Waals surface area contributed by atoms with E-state index in [0.717, 1.165) is 51.9 Å². The lowest BCUT2D eigenvalue weighted by Crippen LogP contribution is -2.42. The number of nitrogens with zero attached hydrogens (tertiary/aromatic N) is 1. The highest BCUT2D eigenvalue weighted by molar-refractivity contribution is 5.74. The average Bonchev–Trinajstić information content (AvgIpc) is 2.38. The second-order valence-corrected chi connectivity index (χ2v) is 4.58. The van der Waals surface area contributed by atoms with Gasteiger partial charge in [-0.1, -0.05) is 13.3 Å². The molecule has 0 aliphatic carbocycles. The van der Waals surface area contributed by atoms with Gasteiger partial charge in [0.15, 0.2) is 0 Å². The van der Waals surface area contributed by atoms with Crippen LogP contribution in [0.3, 0.4) is 0 Å². The number of rotatable bonds is 7. The first-order valence-corrected chi connectivity index (χ1v) is 6.59. The lowest BCUT2D eigenvalue weighted by atomic mass is 10.1. The molecule has 0 aromatic rings. The molecular weight excluding hydrogens is 218 g/mol. The SMILES string of the molecule is CCC1CN(CCCCCC(=O)NN)CCO1. The summed E-state index contributed by atoms with van der Waals surface area (Å²) in [5.41, 5.74) is 2.15. The number of carbonyl (C=O) groups is 1. The zero-order valence-corrected chi connectivity index (χ0v) is 10.8. The molecule has 1 amide bonds. The molecule has 1 fully saturated rings. The van der Waals surface area contributed by atoms with Crippen LogP contribution < -0.4 is 11.3 Å². The molecule has 0 bridgehead atoms. The summed E-state index contributed by atoms with van der Waals surface area (Å²) in [6, 6.07) is 0. The zero-order valence-electron chi connectivity index (χ0n) is 10.8.